The number of non-ortho nitro benzene ring substituents is 1. The summed E-state index contributed by atoms with van der Waals surface area (Å²) in [5.41, 5.74) is 0.951. The Morgan fingerprint density at radius 2 is 2.26 bits per heavy atom. The van der Waals surface area contributed by atoms with Crippen LogP contribution in [0.15, 0.2) is 24.4 Å². The molecule has 0 atom stereocenters. The molecule has 0 saturated heterocycles. The highest BCUT2D eigenvalue weighted by molar-refractivity contribution is 6.07. The lowest BCUT2D eigenvalue weighted by molar-refractivity contribution is -0.384. The number of H-pyrrole nitrogens is 1. The van der Waals surface area contributed by atoms with Gasteiger partial charge in [-0.25, -0.2) is 0 Å². The molecule has 1 heterocycles. The lowest BCUT2D eigenvalue weighted by atomic mass is 10.1. The van der Waals surface area contributed by atoms with Crippen LogP contribution in [0.4, 0.5) is 5.69 Å². The van der Waals surface area contributed by atoms with E-state index >= 15 is 0 Å². The first kappa shape index (κ1) is 13.0. The number of aromatic amines is 1. The number of carbonyl (C=O) groups excluding carboxylic acids is 1. The van der Waals surface area contributed by atoms with Gasteiger partial charge >= 0.3 is 0 Å². The maximum atomic E-state index is 12.1. The third kappa shape index (κ3) is 2.41. The van der Waals surface area contributed by atoms with Crippen LogP contribution in [0, 0.1) is 10.1 Å². The van der Waals surface area contributed by atoms with Gasteiger partial charge in [0.15, 0.2) is 0 Å². The van der Waals surface area contributed by atoms with Crippen LogP contribution < -0.4 is 0 Å². The van der Waals surface area contributed by atoms with E-state index in [0.717, 1.165) is 0 Å². The molecule has 1 amide bonds. The number of fused-ring (bicyclic) bond motifs is 1. The highest BCUT2D eigenvalue weighted by Gasteiger charge is 2.18. The number of hydrogen-bond donors (Lipinski definition) is 2. The van der Waals surface area contributed by atoms with Gasteiger partial charge in [0.05, 0.1) is 17.1 Å². The molecular formula is C12H13N3O4. The molecule has 7 heteroatoms. The van der Waals surface area contributed by atoms with E-state index in [1.165, 1.54) is 23.2 Å². The Labute approximate surface area is 108 Å². The standard InChI is InChI=1S/C12H13N3O4/c1-14(4-5-16)12(17)10-7-13-11-3-2-8(15(18)19)6-9(10)11/h2-3,6-7,13,16H,4-5H2,1H3. The number of rotatable bonds is 4. The van der Waals surface area contributed by atoms with Gasteiger partial charge in [-0.3, -0.25) is 14.9 Å². The molecule has 2 N–H and O–H groups in total. The van der Waals surface area contributed by atoms with Gasteiger partial charge in [0.1, 0.15) is 0 Å². The van der Waals surface area contributed by atoms with Crippen LogP contribution >= 0.6 is 0 Å². The number of nitrogens with zero attached hydrogens (tertiary/aromatic N) is 2. The topological polar surface area (TPSA) is 99.5 Å². The normalized spacial score (nSPS) is 10.6. The number of nitro benzene ring substituents is 1. The lowest BCUT2D eigenvalue weighted by Gasteiger charge is -2.14. The van der Waals surface area contributed by atoms with E-state index in [0.29, 0.717) is 16.5 Å². The van der Waals surface area contributed by atoms with Crippen molar-refractivity contribution in [2.45, 2.75) is 0 Å². The van der Waals surface area contributed by atoms with E-state index in [-0.39, 0.29) is 24.7 Å². The van der Waals surface area contributed by atoms with Gasteiger partial charge in [0.25, 0.3) is 11.6 Å². The summed E-state index contributed by atoms with van der Waals surface area (Å²) in [7, 11) is 1.56. The number of nitrogens with one attached hydrogen (secondary N) is 1. The zero-order valence-corrected chi connectivity index (χ0v) is 10.3. The number of aliphatic hydroxyl groups excluding tert-OH is 1. The second-order valence-corrected chi connectivity index (χ2v) is 4.14. The molecule has 7 nitrogen and oxygen atoms in total. The van der Waals surface area contributed by atoms with E-state index in [2.05, 4.69) is 4.98 Å². The quantitative estimate of drug-likeness (QED) is 0.638. The first-order valence-electron chi connectivity index (χ1n) is 5.66. The van der Waals surface area contributed by atoms with Crippen molar-refractivity contribution in [2.24, 2.45) is 0 Å². The number of nitro groups is 1. The van der Waals surface area contributed by atoms with E-state index < -0.39 is 4.92 Å². The van der Waals surface area contributed by atoms with E-state index in [1.807, 2.05) is 0 Å². The zero-order valence-electron chi connectivity index (χ0n) is 10.3. The first-order chi connectivity index (χ1) is 9.04. The fourth-order valence-corrected chi connectivity index (χ4v) is 1.86. The highest BCUT2D eigenvalue weighted by Crippen LogP contribution is 2.24. The van der Waals surface area contributed by atoms with E-state index in [1.54, 1.807) is 13.1 Å². The largest absolute Gasteiger partial charge is 0.395 e. The van der Waals surface area contributed by atoms with Gasteiger partial charge in [-0.2, -0.15) is 0 Å². The van der Waals surface area contributed by atoms with Gasteiger partial charge in [-0.05, 0) is 6.07 Å². The molecule has 0 radical (unpaired) electrons. The third-order valence-electron chi connectivity index (χ3n) is 2.89. The maximum Gasteiger partial charge on any atom is 0.270 e. The molecule has 2 aromatic rings. The molecule has 0 aliphatic rings. The number of amides is 1. The van der Waals surface area contributed by atoms with Gasteiger partial charge < -0.3 is 15.0 Å². The second kappa shape index (κ2) is 5.07. The summed E-state index contributed by atoms with van der Waals surface area (Å²) >= 11 is 0. The fraction of sp³-hybridized carbons (Fsp3) is 0.250. The average molecular weight is 263 g/mol. The van der Waals surface area contributed by atoms with E-state index in [9.17, 15) is 14.9 Å². The maximum absolute atomic E-state index is 12.1. The van der Waals surface area contributed by atoms with Crippen molar-refractivity contribution in [3.8, 4) is 0 Å². The number of likely N-dealkylation sites (N-methyl/N-ethyl adjacent to an activating group) is 1. The molecule has 19 heavy (non-hydrogen) atoms. The smallest absolute Gasteiger partial charge is 0.270 e. The second-order valence-electron chi connectivity index (χ2n) is 4.14. The van der Waals surface area contributed by atoms with Crippen LogP contribution in [-0.2, 0) is 0 Å². The molecule has 0 saturated carbocycles. The molecule has 0 spiro atoms. The van der Waals surface area contributed by atoms with Crippen molar-refractivity contribution in [3.05, 3.63) is 40.1 Å². The molecule has 0 aliphatic heterocycles. The van der Waals surface area contributed by atoms with Crippen molar-refractivity contribution in [3.63, 3.8) is 0 Å². The SMILES string of the molecule is CN(CCO)C(=O)c1c[nH]c2ccc([N+](=O)[O-])cc12. The van der Waals surface area contributed by atoms with Crippen molar-refractivity contribution in [1.82, 2.24) is 9.88 Å². The van der Waals surface area contributed by atoms with Crippen molar-refractivity contribution >= 4 is 22.5 Å². The van der Waals surface area contributed by atoms with Gasteiger partial charge in [0, 0.05) is 42.8 Å². The molecule has 0 unspecified atom stereocenters. The van der Waals surface area contributed by atoms with Crippen LogP contribution in [0.2, 0.25) is 0 Å². The summed E-state index contributed by atoms with van der Waals surface area (Å²) < 4.78 is 0. The summed E-state index contributed by atoms with van der Waals surface area (Å²) in [5, 5.41) is 20.1. The minimum Gasteiger partial charge on any atom is -0.395 e. The predicted molar refractivity (Wildman–Crippen MR) is 69.0 cm³/mol. The Morgan fingerprint density at radius 1 is 1.53 bits per heavy atom. The zero-order chi connectivity index (χ0) is 14.0. The summed E-state index contributed by atoms with van der Waals surface area (Å²) in [5.74, 6) is -0.291. The number of aromatic nitrogens is 1. The Kier molecular flexibility index (Phi) is 3.48. The third-order valence-corrected chi connectivity index (χ3v) is 2.89. The predicted octanol–water partition coefficient (Wildman–Crippen LogP) is 1.14. The summed E-state index contributed by atoms with van der Waals surface area (Å²) in [6.45, 7) is 0.0746. The van der Waals surface area contributed by atoms with Gasteiger partial charge in [-0.15, -0.1) is 0 Å². The van der Waals surface area contributed by atoms with Crippen molar-refractivity contribution in [2.75, 3.05) is 20.2 Å². The highest BCUT2D eigenvalue weighted by atomic mass is 16.6. The monoisotopic (exact) mass is 263 g/mol. The molecule has 0 aliphatic carbocycles. The minimum atomic E-state index is -0.502. The number of carbonyl (C=O) groups is 1. The van der Waals surface area contributed by atoms with Gasteiger partial charge in [-0.1, -0.05) is 0 Å². The summed E-state index contributed by atoms with van der Waals surface area (Å²) in [6, 6.07) is 4.31. The Balaban J connectivity index is 2.46. The molecule has 0 fully saturated rings. The van der Waals surface area contributed by atoms with Crippen LogP contribution in [-0.4, -0.2) is 46.0 Å². The van der Waals surface area contributed by atoms with Gasteiger partial charge in [0.2, 0.25) is 0 Å². The molecule has 2 rings (SSSR count). The molecule has 1 aromatic heterocycles. The molecular weight excluding hydrogens is 250 g/mol. The summed E-state index contributed by atoms with van der Waals surface area (Å²) in [4.78, 5) is 26.6. The Morgan fingerprint density at radius 3 is 2.89 bits per heavy atom. The number of hydrogen-bond acceptors (Lipinski definition) is 4. The number of benzene rings is 1. The van der Waals surface area contributed by atoms with Crippen molar-refractivity contribution < 1.29 is 14.8 Å². The van der Waals surface area contributed by atoms with Crippen LogP contribution in [0.25, 0.3) is 10.9 Å². The summed E-state index contributed by atoms with van der Waals surface area (Å²) in [6.07, 6.45) is 1.52. The Bertz CT molecular complexity index is 635. The van der Waals surface area contributed by atoms with Crippen LogP contribution in [0.3, 0.4) is 0 Å². The number of aliphatic hydroxyl groups is 1. The molecule has 1 aromatic carbocycles. The fourth-order valence-electron chi connectivity index (χ4n) is 1.86. The Hall–Kier alpha value is -2.41. The molecule has 100 valence electrons. The lowest BCUT2D eigenvalue weighted by Crippen LogP contribution is -2.29. The minimum absolute atomic E-state index is 0.0639. The van der Waals surface area contributed by atoms with Crippen molar-refractivity contribution in [1.29, 1.82) is 0 Å². The van der Waals surface area contributed by atoms with Crippen LogP contribution in [0.5, 0.6) is 0 Å². The average Bonchev–Trinajstić information content (AvgIpc) is 2.80. The first-order valence-corrected chi connectivity index (χ1v) is 5.66. The van der Waals surface area contributed by atoms with Crippen LogP contribution in [0.1, 0.15) is 10.4 Å². The molecule has 0 bridgehead atoms. The van der Waals surface area contributed by atoms with E-state index in [4.69, 9.17) is 5.11 Å².